The van der Waals surface area contributed by atoms with E-state index in [-0.39, 0.29) is 23.0 Å². The molecular weight excluding hydrogens is 430 g/mol. The molecule has 0 aromatic heterocycles. The monoisotopic (exact) mass is 451 g/mol. The lowest BCUT2D eigenvalue weighted by molar-refractivity contribution is 0.0949. The summed E-state index contributed by atoms with van der Waals surface area (Å²) in [5, 5.41) is 8.72. The minimum Gasteiger partial charge on any atom is -0.352 e. The van der Waals surface area contributed by atoms with Gasteiger partial charge in [0.1, 0.15) is 0 Å². The van der Waals surface area contributed by atoms with Crippen LogP contribution in [0.5, 0.6) is 0 Å². The van der Waals surface area contributed by atoms with Gasteiger partial charge in [-0.2, -0.15) is 0 Å². The van der Waals surface area contributed by atoms with Crippen molar-refractivity contribution < 1.29 is 9.59 Å². The fourth-order valence-corrected chi connectivity index (χ4v) is 3.33. The van der Waals surface area contributed by atoms with Crippen molar-refractivity contribution in [3.05, 3.63) is 63.1 Å². The minimum absolute atomic E-state index is 0.183. The maximum Gasteiger partial charge on any atom is 0.319 e. The summed E-state index contributed by atoms with van der Waals surface area (Å²) in [6, 6.07) is 12.0. The Morgan fingerprint density at radius 3 is 2.44 bits per heavy atom. The van der Waals surface area contributed by atoms with E-state index in [2.05, 4.69) is 31.9 Å². The average molecular weight is 453 g/mol. The molecule has 0 aliphatic carbocycles. The first-order valence-electron chi connectivity index (χ1n) is 8.67. The molecule has 1 unspecified atom stereocenters. The molecule has 0 saturated carbocycles. The number of urea groups is 1. The van der Waals surface area contributed by atoms with Crippen molar-refractivity contribution >= 4 is 45.2 Å². The van der Waals surface area contributed by atoms with Gasteiger partial charge in [0.25, 0.3) is 5.91 Å². The maximum absolute atomic E-state index is 12.3. The fourth-order valence-electron chi connectivity index (χ4n) is 2.44. The third-order valence-corrected chi connectivity index (χ3v) is 4.90. The van der Waals surface area contributed by atoms with Crippen molar-refractivity contribution in [3.63, 3.8) is 0 Å². The van der Waals surface area contributed by atoms with Crippen LogP contribution in [0.4, 0.5) is 10.5 Å². The molecule has 2 rings (SSSR count). The molecule has 1 atom stereocenters. The lowest BCUT2D eigenvalue weighted by Gasteiger charge is -2.17. The van der Waals surface area contributed by atoms with Crippen LogP contribution in [-0.4, -0.2) is 18.5 Å². The van der Waals surface area contributed by atoms with Crippen LogP contribution in [0.15, 0.2) is 46.9 Å². The Labute approximate surface area is 173 Å². The highest BCUT2D eigenvalue weighted by atomic mass is 79.9. The zero-order valence-corrected chi connectivity index (χ0v) is 17.8. The van der Waals surface area contributed by atoms with Crippen molar-refractivity contribution in [1.82, 2.24) is 10.6 Å². The van der Waals surface area contributed by atoms with Crippen molar-refractivity contribution in [1.29, 1.82) is 0 Å². The fraction of sp³-hybridized carbons (Fsp3) is 0.300. The average Bonchev–Trinajstić information content (AvgIpc) is 2.60. The molecule has 0 spiro atoms. The zero-order valence-electron chi connectivity index (χ0n) is 15.5. The number of hydrogen-bond donors (Lipinski definition) is 3. The van der Waals surface area contributed by atoms with Gasteiger partial charge in [-0.1, -0.05) is 59.6 Å². The summed E-state index contributed by atoms with van der Waals surface area (Å²) in [4.78, 5) is 24.4. The van der Waals surface area contributed by atoms with Crippen molar-refractivity contribution in [2.45, 2.75) is 26.8 Å². The largest absolute Gasteiger partial charge is 0.352 e. The van der Waals surface area contributed by atoms with Gasteiger partial charge in [-0.3, -0.25) is 4.79 Å². The second kappa shape index (κ2) is 9.76. The number of carbonyl (C=O) groups is 2. The molecule has 0 fully saturated rings. The SMILES string of the molecule is CC(C)CNC(=O)c1ccc(NC(=O)NC(C)c2ccccc2Br)cc1Cl. The van der Waals surface area contributed by atoms with E-state index >= 15 is 0 Å². The molecule has 0 aliphatic heterocycles. The van der Waals surface area contributed by atoms with E-state index in [0.29, 0.717) is 23.7 Å². The number of rotatable bonds is 6. The topological polar surface area (TPSA) is 70.2 Å². The predicted molar refractivity (Wildman–Crippen MR) is 113 cm³/mol. The summed E-state index contributed by atoms with van der Waals surface area (Å²) in [6.45, 7) is 6.50. The Morgan fingerprint density at radius 1 is 1.11 bits per heavy atom. The summed E-state index contributed by atoms with van der Waals surface area (Å²) >= 11 is 9.69. The molecular formula is C20H23BrClN3O2. The Kier molecular flexibility index (Phi) is 7.68. The molecule has 0 aliphatic rings. The van der Waals surface area contributed by atoms with Gasteiger partial charge in [-0.15, -0.1) is 0 Å². The number of carbonyl (C=O) groups excluding carboxylic acids is 2. The van der Waals surface area contributed by atoms with Crippen molar-refractivity contribution in [2.75, 3.05) is 11.9 Å². The van der Waals surface area contributed by atoms with Gasteiger partial charge in [0, 0.05) is 16.7 Å². The number of hydrogen-bond acceptors (Lipinski definition) is 2. The van der Waals surface area contributed by atoms with E-state index in [4.69, 9.17) is 11.6 Å². The molecule has 2 aromatic carbocycles. The number of halogens is 2. The molecule has 27 heavy (non-hydrogen) atoms. The predicted octanol–water partition coefficient (Wildman–Crippen LogP) is 5.37. The number of nitrogens with one attached hydrogen (secondary N) is 3. The van der Waals surface area contributed by atoms with E-state index in [9.17, 15) is 9.59 Å². The molecule has 5 nitrogen and oxygen atoms in total. The van der Waals surface area contributed by atoms with Gasteiger partial charge < -0.3 is 16.0 Å². The van der Waals surface area contributed by atoms with E-state index in [1.165, 1.54) is 0 Å². The summed E-state index contributed by atoms with van der Waals surface area (Å²) in [5.41, 5.74) is 1.87. The number of anilines is 1. The quantitative estimate of drug-likeness (QED) is 0.551. The van der Waals surface area contributed by atoms with E-state index in [1.807, 2.05) is 45.0 Å². The molecule has 0 radical (unpaired) electrons. The van der Waals surface area contributed by atoms with Crippen LogP contribution in [0.1, 0.15) is 42.7 Å². The maximum atomic E-state index is 12.3. The molecule has 2 aromatic rings. The normalized spacial score (nSPS) is 11.8. The first-order chi connectivity index (χ1) is 12.8. The smallest absolute Gasteiger partial charge is 0.319 e. The first kappa shape index (κ1) is 21.3. The van der Waals surface area contributed by atoms with Crippen LogP contribution >= 0.6 is 27.5 Å². The number of amides is 3. The minimum atomic E-state index is -0.355. The van der Waals surface area contributed by atoms with Gasteiger partial charge in [0.15, 0.2) is 0 Å². The molecule has 3 amide bonds. The van der Waals surface area contributed by atoms with Gasteiger partial charge in [-0.05, 0) is 42.7 Å². The summed E-state index contributed by atoms with van der Waals surface area (Å²) in [6.07, 6.45) is 0. The Morgan fingerprint density at radius 2 is 1.81 bits per heavy atom. The van der Waals surface area contributed by atoms with Gasteiger partial charge in [-0.25, -0.2) is 4.79 Å². The number of benzene rings is 2. The summed E-state index contributed by atoms with van der Waals surface area (Å²) < 4.78 is 0.928. The summed E-state index contributed by atoms with van der Waals surface area (Å²) in [5.74, 6) is 0.122. The second-order valence-corrected chi connectivity index (χ2v) is 7.90. The summed E-state index contributed by atoms with van der Waals surface area (Å²) in [7, 11) is 0. The second-order valence-electron chi connectivity index (χ2n) is 6.64. The van der Waals surface area contributed by atoms with E-state index in [1.54, 1.807) is 18.2 Å². The molecule has 144 valence electrons. The molecule has 0 saturated heterocycles. The van der Waals surface area contributed by atoms with Crippen LogP contribution in [0.25, 0.3) is 0 Å². The third-order valence-electron chi connectivity index (χ3n) is 3.86. The Balaban J connectivity index is 1.99. The highest BCUT2D eigenvalue weighted by Gasteiger charge is 2.14. The van der Waals surface area contributed by atoms with Crippen molar-refractivity contribution in [2.24, 2.45) is 5.92 Å². The first-order valence-corrected chi connectivity index (χ1v) is 9.84. The van der Waals surface area contributed by atoms with Crippen LogP contribution in [-0.2, 0) is 0 Å². The molecule has 0 heterocycles. The third kappa shape index (κ3) is 6.26. The zero-order chi connectivity index (χ0) is 20.0. The van der Waals surface area contributed by atoms with Gasteiger partial charge in [0.05, 0.1) is 16.6 Å². The molecule has 7 heteroatoms. The standard InChI is InChI=1S/C20H23BrClN3O2/c1-12(2)11-23-19(26)16-9-8-14(10-18(16)22)25-20(27)24-13(3)15-6-4-5-7-17(15)21/h4-10,12-13H,11H2,1-3H3,(H,23,26)(H2,24,25,27). The van der Waals surface area contributed by atoms with Crippen LogP contribution in [0.2, 0.25) is 5.02 Å². The van der Waals surface area contributed by atoms with E-state index in [0.717, 1.165) is 10.0 Å². The highest BCUT2D eigenvalue weighted by molar-refractivity contribution is 9.10. The molecule has 3 N–H and O–H groups in total. The molecule has 0 bridgehead atoms. The Hall–Kier alpha value is -2.05. The van der Waals surface area contributed by atoms with Crippen LogP contribution < -0.4 is 16.0 Å². The van der Waals surface area contributed by atoms with E-state index < -0.39 is 0 Å². The van der Waals surface area contributed by atoms with Gasteiger partial charge >= 0.3 is 6.03 Å². The Bertz CT molecular complexity index is 827. The van der Waals surface area contributed by atoms with Crippen molar-refractivity contribution in [3.8, 4) is 0 Å². The lowest BCUT2D eigenvalue weighted by Crippen LogP contribution is -2.31. The van der Waals surface area contributed by atoms with Crippen LogP contribution in [0, 0.1) is 5.92 Å². The van der Waals surface area contributed by atoms with Crippen LogP contribution in [0.3, 0.4) is 0 Å². The van der Waals surface area contributed by atoms with Gasteiger partial charge in [0.2, 0.25) is 0 Å². The lowest BCUT2D eigenvalue weighted by atomic mass is 10.1. The highest BCUT2D eigenvalue weighted by Crippen LogP contribution is 2.24.